The summed E-state index contributed by atoms with van der Waals surface area (Å²) in [6.45, 7) is 0. The number of carbonyl (C=O) groups is 1. The first-order valence-electron chi connectivity index (χ1n) is 7.33. The van der Waals surface area contributed by atoms with E-state index in [1.54, 1.807) is 42.7 Å². The summed E-state index contributed by atoms with van der Waals surface area (Å²) < 4.78 is 6.09. The number of carbonyl (C=O) groups excluding carboxylic acids is 1. The lowest BCUT2D eigenvalue weighted by Gasteiger charge is -2.08. The number of aromatic nitrogens is 2. The average molecular weight is 462 g/mol. The van der Waals surface area contributed by atoms with Crippen molar-refractivity contribution in [3.8, 4) is 11.8 Å². The molecule has 1 aromatic heterocycles. The molecule has 0 saturated carbocycles. The van der Waals surface area contributed by atoms with Crippen molar-refractivity contribution < 1.29 is 14.5 Å². The van der Waals surface area contributed by atoms with Crippen LogP contribution in [0.1, 0.15) is 10.4 Å². The highest BCUT2D eigenvalue weighted by molar-refractivity contribution is 14.1. The zero-order valence-corrected chi connectivity index (χ0v) is 15.3. The molecule has 9 heteroatoms. The van der Waals surface area contributed by atoms with Gasteiger partial charge in [0, 0.05) is 33.8 Å². The molecule has 0 radical (unpaired) electrons. The van der Waals surface area contributed by atoms with Crippen LogP contribution in [0.25, 0.3) is 0 Å². The number of hydrogen-bond acceptors (Lipinski definition) is 6. The Hall–Kier alpha value is -3.08. The first-order valence-corrected chi connectivity index (χ1v) is 8.41. The van der Waals surface area contributed by atoms with E-state index >= 15 is 0 Å². The highest BCUT2D eigenvalue weighted by atomic mass is 127. The average Bonchev–Trinajstić information content (AvgIpc) is 2.64. The van der Waals surface area contributed by atoms with Gasteiger partial charge in [-0.25, -0.2) is 9.97 Å². The van der Waals surface area contributed by atoms with Crippen LogP contribution in [0.5, 0.6) is 11.8 Å². The number of nitro benzene ring substituents is 1. The van der Waals surface area contributed by atoms with Gasteiger partial charge in [0.15, 0.2) is 0 Å². The van der Waals surface area contributed by atoms with Gasteiger partial charge in [-0.2, -0.15) is 0 Å². The van der Waals surface area contributed by atoms with Crippen molar-refractivity contribution in [3.63, 3.8) is 0 Å². The predicted molar refractivity (Wildman–Crippen MR) is 102 cm³/mol. The van der Waals surface area contributed by atoms with Crippen LogP contribution in [-0.4, -0.2) is 20.8 Å². The summed E-state index contributed by atoms with van der Waals surface area (Å²) in [5.74, 6) is 0.0808. The quantitative estimate of drug-likeness (QED) is 0.349. The van der Waals surface area contributed by atoms with E-state index in [1.807, 2.05) is 22.6 Å². The highest BCUT2D eigenvalue weighted by Crippen LogP contribution is 2.23. The van der Waals surface area contributed by atoms with E-state index in [2.05, 4.69) is 15.3 Å². The lowest BCUT2D eigenvalue weighted by Crippen LogP contribution is -2.13. The van der Waals surface area contributed by atoms with Crippen molar-refractivity contribution in [2.24, 2.45) is 0 Å². The van der Waals surface area contributed by atoms with E-state index in [-0.39, 0.29) is 17.3 Å². The number of nitrogens with one attached hydrogen (secondary N) is 1. The zero-order valence-electron chi connectivity index (χ0n) is 13.1. The van der Waals surface area contributed by atoms with Gasteiger partial charge in [0.1, 0.15) is 5.75 Å². The van der Waals surface area contributed by atoms with Gasteiger partial charge in [0.2, 0.25) is 0 Å². The lowest BCUT2D eigenvalue weighted by molar-refractivity contribution is -0.384. The maximum absolute atomic E-state index is 12.4. The molecule has 26 heavy (non-hydrogen) atoms. The van der Waals surface area contributed by atoms with E-state index < -0.39 is 10.8 Å². The molecule has 0 bridgehead atoms. The standard InChI is InChI=1S/C17H11IN4O4/c18-15-7-4-12(22(24)25)10-14(15)16(23)21-11-2-5-13(6-3-11)26-17-19-8-1-9-20-17/h1-10H,(H,21,23). The van der Waals surface area contributed by atoms with E-state index in [0.717, 1.165) is 0 Å². The second kappa shape index (κ2) is 7.87. The molecule has 0 spiro atoms. The summed E-state index contributed by atoms with van der Waals surface area (Å²) in [7, 11) is 0. The monoisotopic (exact) mass is 462 g/mol. The summed E-state index contributed by atoms with van der Waals surface area (Å²) >= 11 is 1.96. The maximum Gasteiger partial charge on any atom is 0.321 e. The molecule has 0 aliphatic carbocycles. The largest absolute Gasteiger partial charge is 0.424 e. The van der Waals surface area contributed by atoms with Crippen LogP contribution in [-0.2, 0) is 0 Å². The fourth-order valence-electron chi connectivity index (χ4n) is 2.05. The Morgan fingerprint density at radius 3 is 2.46 bits per heavy atom. The molecule has 1 amide bonds. The van der Waals surface area contributed by atoms with Crippen molar-refractivity contribution in [2.75, 3.05) is 5.32 Å². The summed E-state index contributed by atoms with van der Waals surface area (Å²) in [4.78, 5) is 30.7. The number of rotatable bonds is 5. The molecule has 3 aromatic rings. The Labute approximate surface area is 161 Å². The SMILES string of the molecule is O=C(Nc1ccc(Oc2ncccn2)cc1)c1cc([N+](=O)[O-])ccc1I. The van der Waals surface area contributed by atoms with Gasteiger partial charge in [0.25, 0.3) is 11.6 Å². The number of ether oxygens (including phenoxy) is 1. The second-order valence-corrected chi connectivity index (χ2v) is 6.20. The van der Waals surface area contributed by atoms with E-state index in [4.69, 9.17) is 4.74 Å². The van der Waals surface area contributed by atoms with Crippen LogP contribution < -0.4 is 10.1 Å². The first-order chi connectivity index (χ1) is 12.5. The third-order valence-corrected chi connectivity index (χ3v) is 4.21. The van der Waals surface area contributed by atoms with Gasteiger partial charge in [-0.3, -0.25) is 14.9 Å². The number of amides is 1. The molecule has 0 unspecified atom stereocenters. The van der Waals surface area contributed by atoms with E-state index in [9.17, 15) is 14.9 Å². The van der Waals surface area contributed by atoms with Crippen LogP contribution in [0.2, 0.25) is 0 Å². The molecule has 2 aromatic carbocycles. The van der Waals surface area contributed by atoms with Crippen molar-refractivity contribution in [3.05, 3.63) is 80.2 Å². The zero-order chi connectivity index (χ0) is 18.5. The van der Waals surface area contributed by atoms with Crippen LogP contribution in [0, 0.1) is 13.7 Å². The fraction of sp³-hybridized carbons (Fsp3) is 0. The lowest BCUT2D eigenvalue weighted by atomic mass is 10.2. The number of hydrogen-bond donors (Lipinski definition) is 1. The number of nitrogens with zero attached hydrogens (tertiary/aromatic N) is 3. The molecule has 1 N–H and O–H groups in total. The molecule has 0 saturated heterocycles. The van der Waals surface area contributed by atoms with E-state index in [0.29, 0.717) is 15.0 Å². The highest BCUT2D eigenvalue weighted by Gasteiger charge is 2.15. The first kappa shape index (κ1) is 17.7. The van der Waals surface area contributed by atoms with Gasteiger partial charge in [0.05, 0.1) is 10.5 Å². The van der Waals surface area contributed by atoms with Crippen molar-refractivity contribution in [1.29, 1.82) is 0 Å². The van der Waals surface area contributed by atoms with Gasteiger partial charge >= 0.3 is 6.01 Å². The number of non-ortho nitro benzene ring substituents is 1. The van der Waals surface area contributed by atoms with Crippen LogP contribution >= 0.6 is 22.6 Å². The molecule has 8 nitrogen and oxygen atoms in total. The Morgan fingerprint density at radius 2 is 1.81 bits per heavy atom. The summed E-state index contributed by atoms with van der Waals surface area (Å²) in [5.41, 5.74) is 0.624. The normalized spacial score (nSPS) is 10.2. The Bertz CT molecular complexity index is 949. The number of benzene rings is 2. The van der Waals surface area contributed by atoms with Crippen LogP contribution in [0.4, 0.5) is 11.4 Å². The Morgan fingerprint density at radius 1 is 1.12 bits per heavy atom. The van der Waals surface area contributed by atoms with Crippen molar-refractivity contribution in [1.82, 2.24) is 9.97 Å². The van der Waals surface area contributed by atoms with Gasteiger partial charge in [-0.15, -0.1) is 0 Å². The number of anilines is 1. The molecular formula is C17H11IN4O4. The summed E-state index contributed by atoms with van der Waals surface area (Å²) in [6.07, 6.45) is 3.13. The third kappa shape index (κ3) is 4.30. The number of halogens is 1. The Kier molecular flexibility index (Phi) is 5.37. The minimum absolute atomic E-state index is 0.137. The maximum atomic E-state index is 12.4. The molecule has 0 fully saturated rings. The second-order valence-electron chi connectivity index (χ2n) is 5.03. The predicted octanol–water partition coefficient (Wildman–Crippen LogP) is 4.03. The van der Waals surface area contributed by atoms with Crippen LogP contribution in [0.3, 0.4) is 0 Å². The van der Waals surface area contributed by atoms with Crippen molar-refractivity contribution in [2.45, 2.75) is 0 Å². The topological polar surface area (TPSA) is 107 Å². The minimum Gasteiger partial charge on any atom is -0.424 e. The van der Waals surface area contributed by atoms with Crippen molar-refractivity contribution >= 4 is 39.9 Å². The minimum atomic E-state index is -0.537. The fourth-order valence-corrected chi connectivity index (χ4v) is 2.63. The third-order valence-electron chi connectivity index (χ3n) is 3.27. The van der Waals surface area contributed by atoms with E-state index in [1.165, 1.54) is 18.2 Å². The van der Waals surface area contributed by atoms with Crippen LogP contribution in [0.15, 0.2) is 60.9 Å². The molecule has 3 rings (SSSR count). The molecule has 0 aliphatic rings. The molecule has 0 atom stereocenters. The molecular weight excluding hydrogens is 451 g/mol. The van der Waals surface area contributed by atoms with Gasteiger partial charge < -0.3 is 10.1 Å². The summed E-state index contributed by atoms with van der Waals surface area (Å²) in [6, 6.07) is 12.7. The smallest absolute Gasteiger partial charge is 0.321 e. The summed E-state index contributed by atoms with van der Waals surface area (Å²) in [5, 5.41) is 13.6. The van der Waals surface area contributed by atoms with Gasteiger partial charge in [-0.1, -0.05) is 0 Å². The van der Waals surface area contributed by atoms with Gasteiger partial charge in [-0.05, 0) is 59.0 Å². The molecule has 1 heterocycles. The molecule has 0 aliphatic heterocycles. The molecule has 130 valence electrons. The number of nitro groups is 1. The Balaban J connectivity index is 1.72.